The summed E-state index contributed by atoms with van der Waals surface area (Å²) in [6.07, 6.45) is 0.710. The Balaban J connectivity index is 1.76. The minimum absolute atomic E-state index is 0.0186. The molecule has 2 aromatic carbocycles. The van der Waals surface area contributed by atoms with Crippen LogP contribution in [0.2, 0.25) is 5.02 Å². The number of amides is 1. The monoisotopic (exact) mass is 357 g/mol. The zero-order valence-corrected chi connectivity index (χ0v) is 15.4. The van der Waals surface area contributed by atoms with Gasteiger partial charge in [0, 0.05) is 22.5 Å². The summed E-state index contributed by atoms with van der Waals surface area (Å²) < 4.78 is 14.5. The highest BCUT2D eigenvalue weighted by Gasteiger charge is 2.77. The number of carbonyl (C=O) groups excluding carboxylic acids is 1. The van der Waals surface area contributed by atoms with E-state index < -0.39 is 11.0 Å². The summed E-state index contributed by atoms with van der Waals surface area (Å²) >= 11 is 6.15. The Kier molecular flexibility index (Phi) is 3.37. The third-order valence-electron chi connectivity index (χ3n) is 6.22. The van der Waals surface area contributed by atoms with Crippen molar-refractivity contribution in [1.29, 1.82) is 0 Å². The summed E-state index contributed by atoms with van der Waals surface area (Å²) in [6, 6.07) is 14.3. The summed E-state index contributed by atoms with van der Waals surface area (Å²) in [5, 5.41) is 0.650. The second-order valence-corrected chi connectivity index (χ2v) is 8.52. The molecule has 2 fully saturated rings. The molecule has 25 heavy (non-hydrogen) atoms. The average molecular weight is 358 g/mol. The van der Waals surface area contributed by atoms with Crippen LogP contribution in [-0.2, 0) is 15.7 Å². The molecule has 130 valence electrons. The van der Waals surface area contributed by atoms with Gasteiger partial charge in [0.1, 0.15) is 5.82 Å². The highest BCUT2D eigenvalue weighted by atomic mass is 35.5. The summed E-state index contributed by atoms with van der Waals surface area (Å²) in [7, 11) is 0. The quantitative estimate of drug-likeness (QED) is 0.764. The molecule has 2 aromatic rings. The van der Waals surface area contributed by atoms with Gasteiger partial charge in [-0.15, -0.1) is 0 Å². The lowest BCUT2D eigenvalue weighted by Crippen LogP contribution is -2.46. The lowest BCUT2D eigenvalue weighted by atomic mass is 9.88. The molecule has 1 aliphatic carbocycles. The predicted molar refractivity (Wildman–Crippen MR) is 97.0 cm³/mol. The first kappa shape index (κ1) is 16.6. The van der Waals surface area contributed by atoms with Crippen molar-refractivity contribution in [2.75, 3.05) is 6.54 Å². The maximum Gasteiger partial charge on any atom is 0.234 e. The summed E-state index contributed by atoms with van der Waals surface area (Å²) in [5.41, 5.74) is 0.0707. The first-order valence-electron chi connectivity index (χ1n) is 8.55. The van der Waals surface area contributed by atoms with E-state index in [0.29, 0.717) is 23.6 Å². The van der Waals surface area contributed by atoms with Crippen molar-refractivity contribution in [3.8, 4) is 0 Å². The van der Waals surface area contributed by atoms with Gasteiger partial charge in [-0.2, -0.15) is 0 Å². The molecular weight excluding hydrogens is 337 g/mol. The van der Waals surface area contributed by atoms with Gasteiger partial charge in [-0.1, -0.05) is 48.9 Å². The van der Waals surface area contributed by atoms with E-state index in [9.17, 15) is 9.18 Å². The zero-order valence-electron chi connectivity index (χ0n) is 14.6. The summed E-state index contributed by atoms with van der Waals surface area (Å²) in [6.45, 7) is 6.77. The van der Waals surface area contributed by atoms with Crippen LogP contribution in [0.5, 0.6) is 0 Å². The molecule has 2 atom stereocenters. The van der Waals surface area contributed by atoms with Gasteiger partial charge in [0.05, 0.1) is 11.0 Å². The number of carbonyl (C=O) groups is 1. The SMILES string of the molecule is CC(C)(c1cccc(Cl)c1)N1CC2(C)CC2(c2ccccc2F)C1=O. The number of nitrogens with zero attached hydrogens (tertiary/aromatic N) is 1. The highest BCUT2D eigenvalue weighted by molar-refractivity contribution is 6.30. The number of piperidine rings is 1. The van der Waals surface area contributed by atoms with Crippen LogP contribution in [0.4, 0.5) is 4.39 Å². The normalized spacial score (nSPS) is 28.2. The standard InChI is InChI=1S/C21H21ClFNO/c1-19(2,14-7-6-8-15(22)11-14)24-13-20(3)12-21(20,18(24)25)16-9-4-5-10-17(16)23/h4-11H,12-13H2,1-3H3. The number of likely N-dealkylation sites (tertiary alicyclic amines) is 1. The van der Waals surface area contributed by atoms with E-state index in [1.807, 2.05) is 49.1 Å². The number of hydrogen-bond acceptors (Lipinski definition) is 1. The molecule has 1 saturated heterocycles. The predicted octanol–water partition coefficient (Wildman–Crippen LogP) is 4.90. The van der Waals surface area contributed by atoms with Crippen molar-refractivity contribution < 1.29 is 9.18 Å². The molecule has 0 N–H and O–H groups in total. The molecule has 0 aromatic heterocycles. The zero-order chi connectivity index (χ0) is 18.0. The highest BCUT2D eigenvalue weighted by Crippen LogP contribution is 2.70. The van der Waals surface area contributed by atoms with Crippen molar-refractivity contribution in [1.82, 2.24) is 4.90 Å². The van der Waals surface area contributed by atoms with E-state index in [-0.39, 0.29) is 17.1 Å². The number of rotatable bonds is 3. The Morgan fingerprint density at radius 3 is 2.56 bits per heavy atom. The van der Waals surface area contributed by atoms with Crippen LogP contribution >= 0.6 is 11.6 Å². The van der Waals surface area contributed by atoms with Gasteiger partial charge in [0.25, 0.3) is 0 Å². The molecule has 1 amide bonds. The summed E-state index contributed by atoms with van der Waals surface area (Å²) in [4.78, 5) is 15.4. The number of halogens is 2. The van der Waals surface area contributed by atoms with Gasteiger partial charge in [0.15, 0.2) is 0 Å². The Bertz CT molecular complexity index is 880. The topological polar surface area (TPSA) is 20.3 Å². The Labute approximate surface area is 152 Å². The number of benzene rings is 2. The smallest absolute Gasteiger partial charge is 0.234 e. The molecule has 4 rings (SSSR count). The molecule has 1 heterocycles. The van der Waals surface area contributed by atoms with Crippen LogP contribution in [0.1, 0.15) is 38.3 Å². The lowest BCUT2D eigenvalue weighted by molar-refractivity contribution is -0.136. The van der Waals surface area contributed by atoms with Crippen LogP contribution in [0.3, 0.4) is 0 Å². The molecular formula is C21H21ClFNO. The van der Waals surface area contributed by atoms with Gasteiger partial charge in [-0.05, 0) is 44.0 Å². The van der Waals surface area contributed by atoms with E-state index in [2.05, 4.69) is 6.92 Å². The van der Waals surface area contributed by atoms with Gasteiger partial charge < -0.3 is 4.90 Å². The fraction of sp³-hybridized carbons (Fsp3) is 0.381. The summed E-state index contributed by atoms with van der Waals surface area (Å²) in [5.74, 6) is -0.271. The van der Waals surface area contributed by atoms with Crippen LogP contribution in [-0.4, -0.2) is 17.4 Å². The van der Waals surface area contributed by atoms with Crippen LogP contribution < -0.4 is 0 Å². The Hall–Kier alpha value is -1.87. The number of hydrogen-bond donors (Lipinski definition) is 0. The third-order valence-corrected chi connectivity index (χ3v) is 6.45. The molecule has 1 saturated carbocycles. The van der Waals surface area contributed by atoms with Crippen molar-refractivity contribution in [3.63, 3.8) is 0 Å². The molecule has 2 aliphatic rings. The van der Waals surface area contributed by atoms with Crippen molar-refractivity contribution >= 4 is 17.5 Å². The first-order valence-corrected chi connectivity index (χ1v) is 8.93. The Morgan fingerprint density at radius 1 is 1.16 bits per heavy atom. The molecule has 2 nitrogen and oxygen atoms in total. The Morgan fingerprint density at radius 2 is 1.88 bits per heavy atom. The van der Waals surface area contributed by atoms with Gasteiger partial charge in [0.2, 0.25) is 5.91 Å². The van der Waals surface area contributed by atoms with Crippen molar-refractivity contribution in [2.45, 2.75) is 38.1 Å². The van der Waals surface area contributed by atoms with Crippen LogP contribution in [0.15, 0.2) is 48.5 Å². The van der Waals surface area contributed by atoms with Crippen LogP contribution in [0, 0.1) is 11.2 Å². The molecule has 2 unspecified atom stereocenters. The molecule has 4 heteroatoms. The molecule has 1 aliphatic heterocycles. The van der Waals surface area contributed by atoms with Crippen molar-refractivity contribution in [2.24, 2.45) is 5.41 Å². The van der Waals surface area contributed by atoms with Gasteiger partial charge in [-0.25, -0.2) is 4.39 Å². The minimum Gasteiger partial charge on any atom is -0.332 e. The minimum atomic E-state index is -0.728. The second-order valence-electron chi connectivity index (χ2n) is 8.08. The first-order chi connectivity index (χ1) is 11.7. The van der Waals surface area contributed by atoms with E-state index in [0.717, 1.165) is 5.56 Å². The lowest BCUT2D eigenvalue weighted by Gasteiger charge is -2.38. The number of fused-ring (bicyclic) bond motifs is 1. The maximum atomic E-state index is 14.5. The second kappa shape index (κ2) is 5.07. The third kappa shape index (κ3) is 2.11. The van der Waals surface area contributed by atoms with Gasteiger partial charge >= 0.3 is 0 Å². The van der Waals surface area contributed by atoms with Gasteiger partial charge in [-0.3, -0.25) is 4.79 Å². The van der Waals surface area contributed by atoms with E-state index >= 15 is 0 Å². The van der Waals surface area contributed by atoms with E-state index in [4.69, 9.17) is 11.6 Å². The fourth-order valence-corrected chi connectivity index (χ4v) is 4.73. The largest absolute Gasteiger partial charge is 0.332 e. The molecule has 0 bridgehead atoms. The van der Waals surface area contributed by atoms with E-state index in [1.165, 1.54) is 6.07 Å². The fourth-order valence-electron chi connectivity index (χ4n) is 4.54. The van der Waals surface area contributed by atoms with Crippen LogP contribution in [0.25, 0.3) is 0 Å². The van der Waals surface area contributed by atoms with Crippen molar-refractivity contribution in [3.05, 3.63) is 70.5 Å². The average Bonchev–Trinajstić information content (AvgIpc) is 3.12. The van der Waals surface area contributed by atoms with E-state index in [1.54, 1.807) is 12.1 Å². The maximum absolute atomic E-state index is 14.5. The molecule has 0 radical (unpaired) electrons. The molecule has 0 spiro atoms.